The molecule has 142 valence electrons. The van der Waals surface area contributed by atoms with Gasteiger partial charge >= 0.3 is 5.91 Å². The summed E-state index contributed by atoms with van der Waals surface area (Å²) >= 11 is 0. The minimum absolute atomic E-state index is 0.0696. The Morgan fingerprint density at radius 1 is 1.12 bits per heavy atom. The first kappa shape index (κ1) is 21.8. The molecule has 1 aromatic heterocycles. The Morgan fingerprint density at radius 3 is 2.19 bits per heavy atom. The quantitative estimate of drug-likeness (QED) is 0.488. The molecule has 0 unspecified atom stereocenters. The van der Waals surface area contributed by atoms with Gasteiger partial charge in [-0.2, -0.15) is 4.57 Å². The van der Waals surface area contributed by atoms with Crippen LogP contribution in [0.15, 0.2) is 42.6 Å². The van der Waals surface area contributed by atoms with E-state index in [2.05, 4.69) is 9.50 Å². The molecule has 1 heterocycles. The third-order valence-corrected chi connectivity index (χ3v) is 4.02. The lowest BCUT2D eigenvalue weighted by Gasteiger charge is -2.10. The minimum atomic E-state index is -4.42. The number of aromatic nitrogens is 1. The molecule has 0 bridgehead atoms. The fraction of sp³-hybridized carbons (Fsp3) is 0.333. The third kappa shape index (κ3) is 6.91. The van der Waals surface area contributed by atoms with E-state index in [1.54, 1.807) is 0 Å². The van der Waals surface area contributed by atoms with Gasteiger partial charge in [-0.25, -0.2) is 8.42 Å². The Labute approximate surface area is 154 Å². The second-order valence-corrected chi connectivity index (χ2v) is 6.46. The van der Waals surface area contributed by atoms with Gasteiger partial charge in [0.1, 0.15) is 6.54 Å². The molecule has 1 N–H and O–H groups in total. The van der Waals surface area contributed by atoms with Gasteiger partial charge in [0.15, 0.2) is 6.20 Å². The van der Waals surface area contributed by atoms with E-state index >= 15 is 0 Å². The van der Waals surface area contributed by atoms with Crippen molar-refractivity contribution >= 4 is 22.0 Å². The van der Waals surface area contributed by atoms with Gasteiger partial charge < -0.3 is 9.87 Å². The summed E-state index contributed by atoms with van der Waals surface area (Å²) in [6.45, 7) is 8.14. The van der Waals surface area contributed by atoms with Gasteiger partial charge in [-0.05, 0) is 44.9 Å². The van der Waals surface area contributed by atoms with Gasteiger partial charge in [0, 0.05) is 17.8 Å². The molecule has 1 amide bonds. The Hall–Kier alpha value is -2.29. The maximum absolute atomic E-state index is 12.4. The summed E-state index contributed by atoms with van der Waals surface area (Å²) in [6.07, 6.45) is 1.92. The molecule has 1 aromatic carbocycles. The summed E-state index contributed by atoms with van der Waals surface area (Å²) in [6, 6.07) is 11.6. The van der Waals surface area contributed by atoms with Gasteiger partial charge in [0.25, 0.3) is 5.69 Å². The Kier molecular flexibility index (Phi) is 8.37. The number of nitrogens with one attached hydrogen (secondary N) is 1. The van der Waals surface area contributed by atoms with Crippen molar-refractivity contribution in [2.45, 2.75) is 34.2 Å². The zero-order valence-electron chi connectivity index (χ0n) is 15.4. The van der Waals surface area contributed by atoms with E-state index in [4.69, 9.17) is 0 Å². The summed E-state index contributed by atoms with van der Waals surface area (Å²) in [4.78, 5) is 12.4. The number of para-hydroxylation sites is 1. The molecule has 2 aromatic rings. The van der Waals surface area contributed by atoms with Crippen molar-refractivity contribution in [3.63, 3.8) is 0 Å². The van der Waals surface area contributed by atoms with Crippen LogP contribution in [0.25, 0.3) is 0 Å². The van der Waals surface area contributed by atoms with Crippen LogP contribution < -0.4 is 9.88 Å². The van der Waals surface area contributed by atoms with Crippen molar-refractivity contribution in [2.75, 3.05) is 11.9 Å². The SMILES string of the molecule is CCOS(=O)(=O)[O-].CC[n+]1ccccc1C(=O)Nc1c(C)cccc1C. The van der Waals surface area contributed by atoms with Crippen LogP contribution in [0, 0.1) is 13.8 Å². The number of hydrogen-bond donors (Lipinski definition) is 1. The average molecular weight is 380 g/mol. The van der Waals surface area contributed by atoms with Gasteiger partial charge in [-0.15, -0.1) is 0 Å². The molecular weight excluding hydrogens is 356 g/mol. The largest absolute Gasteiger partial charge is 0.726 e. The van der Waals surface area contributed by atoms with Crippen LogP contribution in [0.5, 0.6) is 0 Å². The van der Waals surface area contributed by atoms with Crippen LogP contribution in [-0.4, -0.2) is 25.5 Å². The van der Waals surface area contributed by atoms with E-state index in [9.17, 15) is 17.8 Å². The van der Waals surface area contributed by atoms with Crippen molar-refractivity contribution < 1.29 is 26.5 Å². The predicted octanol–water partition coefficient (Wildman–Crippen LogP) is 2.35. The molecule has 0 radical (unpaired) electrons. The lowest BCUT2D eigenvalue weighted by Crippen LogP contribution is -2.40. The fourth-order valence-corrected chi connectivity index (χ4v) is 2.58. The molecule has 0 fully saturated rings. The van der Waals surface area contributed by atoms with E-state index in [0.717, 1.165) is 23.4 Å². The monoisotopic (exact) mass is 380 g/mol. The van der Waals surface area contributed by atoms with Gasteiger partial charge in [0.05, 0.1) is 6.61 Å². The number of rotatable bonds is 5. The summed E-state index contributed by atoms with van der Waals surface area (Å²) in [5.74, 6) is -0.0696. The molecule has 0 saturated carbocycles. The number of carbonyl (C=O) groups is 1. The van der Waals surface area contributed by atoms with Crippen molar-refractivity contribution in [2.24, 2.45) is 0 Å². The Bertz CT molecular complexity index is 830. The highest BCUT2D eigenvalue weighted by molar-refractivity contribution is 7.80. The van der Waals surface area contributed by atoms with E-state index in [1.165, 1.54) is 6.92 Å². The number of hydrogen-bond acceptors (Lipinski definition) is 5. The van der Waals surface area contributed by atoms with Crippen molar-refractivity contribution in [1.29, 1.82) is 0 Å². The highest BCUT2D eigenvalue weighted by Gasteiger charge is 2.18. The third-order valence-electron chi connectivity index (χ3n) is 3.50. The van der Waals surface area contributed by atoms with E-state index in [1.807, 2.05) is 67.9 Å². The molecule has 0 aliphatic rings. The first-order valence-corrected chi connectivity index (χ1v) is 9.49. The summed E-state index contributed by atoms with van der Waals surface area (Å²) in [5, 5.41) is 3.01. The van der Waals surface area contributed by atoms with Crippen LogP contribution in [0.3, 0.4) is 0 Å². The van der Waals surface area contributed by atoms with Crippen molar-refractivity contribution in [3.8, 4) is 0 Å². The fourth-order valence-electron chi connectivity index (χ4n) is 2.29. The average Bonchev–Trinajstić information content (AvgIpc) is 2.57. The number of pyridine rings is 1. The second-order valence-electron chi connectivity index (χ2n) is 5.41. The van der Waals surface area contributed by atoms with Gasteiger partial charge in [-0.3, -0.25) is 8.98 Å². The smallest absolute Gasteiger partial charge is 0.320 e. The van der Waals surface area contributed by atoms with Crippen LogP contribution >= 0.6 is 0 Å². The van der Waals surface area contributed by atoms with Crippen LogP contribution in [0.1, 0.15) is 35.5 Å². The van der Waals surface area contributed by atoms with E-state index in [-0.39, 0.29) is 12.5 Å². The molecule has 0 aliphatic carbocycles. The summed E-state index contributed by atoms with van der Waals surface area (Å²) in [7, 11) is -4.42. The number of anilines is 1. The lowest BCUT2D eigenvalue weighted by molar-refractivity contribution is -0.695. The Balaban J connectivity index is 0.000000412. The second kappa shape index (κ2) is 10.0. The normalized spacial score (nSPS) is 10.7. The number of amides is 1. The zero-order chi connectivity index (χ0) is 19.7. The van der Waals surface area contributed by atoms with E-state index in [0.29, 0.717) is 5.69 Å². The van der Waals surface area contributed by atoms with Gasteiger partial charge in [0.2, 0.25) is 10.4 Å². The number of benzene rings is 1. The highest BCUT2D eigenvalue weighted by atomic mass is 32.3. The number of aryl methyl sites for hydroxylation is 3. The van der Waals surface area contributed by atoms with Crippen LogP contribution in [0.2, 0.25) is 0 Å². The van der Waals surface area contributed by atoms with Crippen LogP contribution in [0.4, 0.5) is 5.69 Å². The van der Waals surface area contributed by atoms with Crippen LogP contribution in [-0.2, 0) is 21.1 Å². The first-order valence-electron chi connectivity index (χ1n) is 8.15. The maximum atomic E-state index is 12.4. The molecule has 2 rings (SSSR count). The standard InChI is InChI=1S/C16H18N2O.C2H6O4S/c1-4-18-11-6-5-10-14(18)16(19)17-15-12(2)8-7-9-13(15)3;1-2-6-7(3,4)5/h5-11H,4H2,1-3H3;2H2,1H3,(H,3,4,5). The molecule has 0 aliphatic heterocycles. The molecule has 8 heteroatoms. The van der Waals surface area contributed by atoms with E-state index < -0.39 is 10.4 Å². The maximum Gasteiger partial charge on any atom is 0.320 e. The molecular formula is C18H24N2O5S. The summed E-state index contributed by atoms with van der Waals surface area (Å²) < 4.78 is 33.9. The zero-order valence-corrected chi connectivity index (χ0v) is 16.2. The van der Waals surface area contributed by atoms with Crippen molar-refractivity contribution in [1.82, 2.24) is 0 Å². The van der Waals surface area contributed by atoms with Crippen molar-refractivity contribution in [3.05, 3.63) is 59.4 Å². The molecule has 26 heavy (non-hydrogen) atoms. The minimum Gasteiger partial charge on any atom is -0.726 e. The molecule has 0 atom stereocenters. The first-order chi connectivity index (χ1) is 12.2. The highest BCUT2D eigenvalue weighted by Crippen LogP contribution is 2.19. The topological polar surface area (TPSA) is 99.4 Å². The Morgan fingerprint density at radius 2 is 1.73 bits per heavy atom. The molecule has 0 saturated heterocycles. The molecule has 0 spiro atoms. The summed E-state index contributed by atoms with van der Waals surface area (Å²) in [5.41, 5.74) is 3.73. The number of nitrogens with zero attached hydrogens (tertiary/aromatic N) is 1. The lowest BCUT2D eigenvalue weighted by atomic mass is 10.1. The van der Waals surface area contributed by atoms with Gasteiger partial charge in [-0.1, -0.05) is 18.2 Å². The predicted molar refractivity (Wildman–Crippen MR) is 97.5 cm³/mol. The number of carbonyl (C=O) groups excluding carboxylic acids is 1. The molecule has 7 nitrogen and oxygen atoms in total.